The first-order valence-corrected chi connectivity index (χ1v) is 10.9. The van der Waals surface area contributed by atoms with Crippen LogP contribution in [0.1, 0.15) is 16.8 Å². The van der Waals surface area contributed by atoms with Gasteiger partial charge in [0, 0.05) is 57.8 Å². The SMILES string of the molecule is COC(=O)c1cccc2c1c(-c1cncc(-c3ccc(Cl)cc3)c1)cn2CCCN(C)C. The van der Waals surface area contributed by atoms with Crippen LogP contribution in [0.2, 0.25) is 5.02 Å². The molecule has 0 spiro atoms. The van der Waals surface area contributed by atoms with Crippen LogP contribution >= 0.6 is 11.6 Å². The topological polar surface area (TPSA) is 47.4 Å². The van der Waals surface area contributed by atoms with Gasteiger partial charge in [0.05, 0.1) is 12.7 Å². The number of halogens is 1. The van der Waals surface area contributed by atoms with Crippen molar-refractivity contribution in [3.8, 4) is 22.3 Å². The summed E-state index contributed by atoms with van der Waals surface area (Å²) in [5, 5.41) is 1.58. The lowest BCUT2D eigenvalue weighted by molar-refractivity contribution is 0.0603. The number of fused-ring (bicyclic) bond motifs is 1. The van der Waals surface area contributed by atoms with E-state index in [1.54, 1.807) is 0 Å². The zero-order valence-electron chi connectivity index (χ0n) is 18.5. The molecule has 32 heavy (non-hydrogen) atoms. The first-order valence-electron chi connectivity index (χ1n) is 10.5. The Labute approximate surface area is 193 Å². The highest BCUT2D eigenvalue weighted by atomic mass is 35.5. The summed E-state index contributed by atoms with van der Waals surface area (Å²) in [6.45, 7) is 1.84. The lowest BCUT2D eigenvalue weighted by Crippen LogP contribution is -2.14. The number of hydrogen-bond acceptors (Lipinski definition) is 4. The fraction of sp³-hybridized carbons (Fsp3) is 0.231. The van der Waals surface area contributed by atoms with Crippen LogP contribution in [0.3, 0.4) is 0 Å². The molecule has 2 aromatic carbocycles. The first kappa shape index (κ1) is 22.1. The molecular formula is C26H26ClN3O2. The molecule has 0 N–H and O–H groups in total. The number of benzene rings is 2. The fourth-order valence-electron chi connectivity index (χ4n) is 3.98. The van der Waals surface area contributed by atoms with Gasteiger partial charge < -0.3 is 14.2 Å². The maximum absolute atomic E-state index is 12.6. The monoisotopic (exact) mass is 447 g/mol. The Bertz CT molecular complexity index is 1250. The van der Waals surface area contributed by atoms with E-state index in [1.165, 1.54) is 7.11 Å². The van der Waals surface area contributed by atoms with E-state index < -0.39 is 0 Å². The zero-order valence-corrected chi connectivity index (χ0v) is 19.3. The lowest BCUT2D eigenvalue weighted by Gasteiger charge is -2.10. The number of rotatable bonds is 7. The Kier molecular flexibility index (Phi) is 6.58. The van der Waals surface area contributed by atoms with Gasteiger partial charge in [-0.25, -0.2) is 4.79 Å². The van der Waals surface area contributed by atoms with Crippen LogP contribution in [0.15, 0.2) is 67.1 Å². The molecule has 0 atom stereocenters. The molecular weight excluding hydrogens is 422 g/mol. The van der Waals surface area contributed by atoms with Crippen molar-refractivity contribution in [2.24, 2.45) is 0 Å². The summed E-state index contributed by atoms with van der Waals surface area (Å²) in [5.74, 6) is -0.343. The van der Waals surface area contributed by atoms with Crippen molar-refractivity contribution in [1.29, 1.82) is 0 Å². The van der Waals surface area contributed by atoms with Crippen LogP contribution in [0.25, 0.3) is 33.2 Å². The summed E-state index contributed by atoms with van der Waals surface area (Å²) in [6, 6.07) is 15.6. The van der Waals surface area contributed by atoms with Gasteiger partial charge in [0.25, 0.3) is 0 Å². The fourth-order valence-corrected chi connectivity index (χ4v) is 4.11. The molecule has 164 valence electrons. The molecule has 0 amide bonds. The molecule has 4 aromatic rings. The molecule has 0 aliphatic carbocycles. The second-order valence-corrected chi connectivity index (χ2v) is 8.49. The molecule has 0 aliphatic rings. The second-order valence-electron chi connectivity index (χ2n) is 8.05. The smallest absolute Gasteiger partial charge is 0.338 e. The molecule has 0 bridgehead atoms. The van der Waals surface area contributed by atoms with E-state index in [2.05, 4.69) is 46.9 Å². The zero-order chi connectivity index (χ0) is 22.7. The average Bonchev–Trinajstić information content (AvgIpc) is 3.18. The van der Waals surface area contributed by atoms with Gasteiger partial charge >= 0.3 is 5.97 Å². The lowest BCUT2D eigenvalue weighted by atomic mass is 9.99. The molecule has 6 heteroatoms. The Morgan fingerprint density at radius 3 is 2.53 bits per heavy atom. The van der Waals surface area contributed by atoms with E-state index in [4.69, 9.17) is 16.3 Å². The number of pyridine rings is 1. The molecule has 0 unspecified atom stereocenters. The van der Waals surface area contributed by atoms with Gasteiger partial charge in [0.1, 0.15) is 0 Å². The van der Waals surface area contributed by atoms with Crippen molar-refractivity contribution in [3.63, 3.8) is 0 Å². The molecule has 5 nitrogen and oxygen atoms in total. The Morgan fingerprint density at radius 1 is 1.06 bits per heavy atom. The summed E-state index contributed by atoms with van der Waals surface area (Å²) in [6.07, 6.45) is 6.80. The molecule has 0 aliphatic heterocycles. The van der Waals surface area contributed by atoms with Crippen molar-refractivity contribution in [2.45, 2.75) is 13.0 Å². The van der Waals surface area contributed by atoms with Crippen LogP contribution < -0.4 is 0 Å². The maximum Gasteiger partial charge on any atom is 0.338 e. The third-order valence-electron chi connectivity index (χ3n) is 5.54. The third kappa shape index (κ3) is 4.54. The molecule has 0 saturated heterocycles. The van der Waals surface area contributed by atoms with Crippen LogP contribution in [0, 0.1) is 0 Å². The van der Waals surface area contributed by atoms with Crippen LogP contribution in [-0.2, 0) is 11.3 Å². The second kappa shape index (κ2) is 9.55. The molecule has 0 fully saturated rings. The number of esters is 1. The first-order chi connectivity index (χ1) is 15.5. The van der Waals surface area contributed by atoms with Gasteiger partial charge in [0.2, 0.25) is 0 Å². The summed E-state index contributed by atoms with van der Waals surface area (Å²) in [4.78, 5) is 19.2. The standard InChI is InChI=1S/C26H26ClN3O2/c1-29(2)12-5-13-30-17-23(25-22(26(31)32-3)6-4-7-24(25)30)20-14-19(15-28-16-20)18-8-10-21(27)11-9-18/h4,6-11,14-17H,5,12-13H2,1-3H3. The molecule has 4 rings (SSSR count). The number of nitrogens with zero attached hydrogens (tertiary/aromatic N) is 3. The van der Waals surface area contributed by atoms with Crippen molar-refractivity contribution >= 4 is 28.5 Å². The van der Waals surface area contributed by atoms with E-state index in [9.17, 15) is 4.79 Å². The Hall–Kier alpha value is -3.15. The molecule has 2 heterocycles. The van der Waals surface area contributed by atoms with Crippen molar-refractivity contribution in [2.75, 3.05) is 27.7 Å². The molecule has 0 radical (unpaired) electrons. The van der Waals surface area contributed by atoms with Gasteiger partial charge in [-0.15, -0.1) is 0 Å². The average molecular weight is 448 g/mol. The Morgan fingerprint density at radius 2 is 1.81 bits per heavy atom. The van der Waals surface area contributed by atoms with Crippen LogP contribution in [0.5, 0.6) is 0 Å². The highest BCUT2D eigenvalue weighted by Gasteiger charge is 2.19. The Balaban J connectivity index is 1.85. The summed E-state index contributed by atoms with van der Waals surface area (Å²) < 4.78 is 7.30. The number of carbonyl (C=O) groups excluding carboxylic acids is 1. The van der Waals surface area contributed by atoms with Gasteiger partial charge in [-0.05, 0) is 63.0 Å². The summed E-state index contributed by atoms with van der Waals surface area (Å²) in [5.41, 5.74) is 5.51. The highest BCUT2D eigenvalue weighted by Crippen LogP contribution is 2.35. The normalized spacial score (nSPS) is 11.3. The van der Waals surface area contributed by atoms with E-state index in [0.29, 0.717) is 10.6 Å². The van der Waals surface area contributed by atoms with Crippen molar-refractivity contribution in [3.05, 3.63) is 77.7 Å². The highest BCUT2D eigenvalue weighted by molar-refractivity contribution is 6.30. The molecule has 0 saturated carbocycles. The number of ether oxygens (including phenoxy) is 1. The minimum Gasteiger partial charge on any atom is -0.465 e. The van der Waals surface area contributed by atoms with E-state index in [-0.39, 0.29) is 5.97 Å². The summed E-state index contributed by atoms with van der Waals surface area (Å²) >= 11 is 6.05. The maximum atomic E-state index is 12.6. The third-order valence-corrected chi connectivity index (χ3v) is 5.79. The van der Waals surface area contributed by atoms with Gasteiger partial charge in [-0.2, -0.15) is 0 Å². The number of hydrogen-bond donors (Lipinski definition) is 0. The van der Waals surface area contributed by atoms with Gasteiger partial charge in [0.15, 0.2) is 0 Å². The van der Waals surface area contributed by atoms with Crippen LogP contribution in [0.4, 0.5) is 0 Å². The number of aromatic nitrogens is 2. The van der Waals surface area contributed by atoms with Crippen molar-refractivity contribution < 1.29 is 9.53 Å². The molecule has 2 aromatic heterocycles. The van der Waals surface area contributed by atoms with Gasteiger partial charge in [-0.1, -0.05) is 29.8 Å². The number of methoxy groups -OCH3 is 1. The predicted octanol–water partition coefficient (Wildman–Crippen LogP) is 5.76. The minimum atomic E-state index is -0.343. The van der Waals surface area contributed by atoms with Crippen molar-refractivity contribution in [1.82, 2.24) is 14.5 Å². The quantitative estimate of drug-likeness (QED) is 0.338. The predicted molar refractivity (Wildman–Crippen MR) is 130 cm³/mol. The largest absolute Gasteiger partial charge is 0.465 e. The van der Waals surface area contributed by atoms with Crippen LogP contribution in [-0.4, -0.2) is 48.2 Å². The van der Waals surface area contributed by atoms with E-state index >= 15 is 0 Å². The van der Waals surface area contributed by atoms with Gasteiger partial charge in [-0.3, -0.25) is 4.98 Å². The summed E-state index contributed by atoms with van der Waals surface area (Å²) in [7, 11) is 5.56. The van der Waals surface area contributed by atoms with E-state index in [1.807, 2.05) is 48.8 Å². The van der Waals surface area contributed by atoms with E-state index in [0.717, 1.165) is 52.7 Å². The number of aryl methyl sites for hydroxylation is 1. The minimum absolute atomic E-state index is 0.343. The number of carbonyl (C=O) groups is 1.